The minimum absolute atomic E-state index is 0.334. The third-order valence-electron chi connectivity index (χ3n) is 2.86. The van der Waals surface area contributed by atoms with Crippen molar-refractivity contribution in [2.45, 2.75) is 12.5 Å². The SMILES string of the molecule is N[C@@H](Cc1ccccc1-c1ccccc1)C(=O)O. The summed E-state index contributed by atoms with van der Waals surface area (Å²) in [5.74, 6) is -0.974. The van der Waals surface area contributed by atoms with Gasteiger partial charge in [0.05, 0.1) is 0 Å². The molecule has 3 nitrogen and oxygen atoms in total. The van der Waals surface area contributed by atoms with Crippen LogP contribution in [0.3, 0.4) is 0 Å². The lowest BCUT2D eigenvalue weighted by Gasteiger charge is -2.12. The monoisotopic (exact) mass is 241 g/mol. The Bertz CT molecular complexity index is 537. The quantitative estimate of drug-likeness (QED) is 0.863. The summed E-state index contributed by atoms with van der Waals surface area (Å²) in [4.78, 5) is 10.8. The fourth-order valence-electron chi connectivity index (χ4n) is 1.92. The molecule has 0 saturated carbocycles. The predicted molar refractivity (Wildman–Crippen MR) is 71.2 cm³/mol. The molecule has 1 atom stereocenters. The Morgan fingerprint density at radius 3 is 2.33 bits per heavy atom. The molecule has 0 aliphatic carbocycles. The van der Waals surface area contributed by atoms with Crippen molar-refractivity contribution < 1.29 is 9.90 Å². The molecule has 3 heteroatoms. The van der Waals surface area contributed by atoms with Crippen LogP contribution in [0.25, 0.3) is 11.1 Å². The lowest BCUT2D eigenvalue weighted by atomic mass is 9.95. The topological polar surface area (TPSA) is 63.3 Å². The molecule has 0 unspecified atom stereocenters. The van der Waals surface area contributed by atoms with Crippen LogP contribution in [-0.4, -0.2) is 17.1 Å². The molecule has 0 aliphatic rings. The first-order valence-electron chi connectivity index (χ1n) is 5.80. The first-order valence-corrected chi connectivity index (χ1v) is 5.80. The number of benzene rings is 2. The maximum absolute atomic E-state index is 10.8. The van der Waals surface area contributed by atoms with Gasteiger partial charge in [0.25, 0.3) is 0 Å². The van der Waals surface area contributed by atoms with Crippen LogP contribution in [0, 0.1) is 0 Å². The molecule has 0 saturated heterocycles. The first-order chi connectivity index (χ1) is 8.68. The lowest BCUT2D eigenvalue weighted by molar-refractivity contribution is -0.138. The number of nitrogens with two attached hydrogens (primary N) is 1. The zero-order valence-corrected chi connectivity index (χ0v) is 9.91. The van der Waals surface area contributed by atoms with Gasteiger partial charge in [0.1, 0.15) is 6.04 Å². The summed E-state index contributed by atoms with van der Waals surface area (Å²) in [7, 11) is 0. The summed E-state index contributed by atoms with van der Waals surface area (Å²) in [6, 6.07) is 16.8. The van der Waals surface area contributed by atoms with E-state index in [4.69, 9.17) is 10.8 Å². The van der Waals surface area contributed by atoms with Crippen molar-refractivity contribution in [1.82, 2.24) is 0 Å². The van der Waals surface area contributed by atoms with Gasteiger partial charge in [-0.25, -0.2) is 0 Å². The van der Waals surface area contributed by atoms with Gasteiger partial charge < -0.3 is 10.8 Å². The van der Waals surface area contributed by atoms with E-state index in [0.717, 1.165) is 16.7 Å². The van der Waals surface area contributed by atoms with Crippen molar-refractivity contribution in [1.29, 1.82) is 0 Å². The van der Waals surface area contributed by atoms with Crippen LogP contribution in [0.5, 0.6) is 0 Å². The number of rotatable bonds is 4. The fraction of sp³-hybridized carbons (Fsp3) is 0.133. The van der Waals surface area contributed by atoms with Crippen molar-refractivity contribution in [3.63, 3.8) is 0 Å². The van der Waals surface area contributed by atoms with Gasteiger partial charge in [-0.1, -0.05) is 54.6 Å². The third kappa shape index (κ3) is 2.76. The van der Waals surface area contributed by atoms with E-state index in [1.165, 1.54) is 0 Å². The molecule has 0 amide bonds. The zero-order valence-electron chi connectivity index (χ0n) is 9.91. The van der Waals surface area contributed by atoms with E-state index in [9.17, 15) is 4.79 Å². The molecule has 2 rings (SSSR count). The second-order valence-electron chi connectivity index (χ2n) is 4.17. The van der Waals surface area contributed by atoms with E-state index < -0.39 is 12.0 Å². The molecule has 3 N–H and O–H groups in total. The van der Waals surface area contributed by atoms with Crippen molar-refractivity contribution in [3.05, 3.63) is 60.2 Å². The highest BCUT2D eigenvalue weighted by molar-refractivity contribution is 5.75. The van der Waals surface area contributed by atoms with Gasteiger partial charge in [-0.3, -0.25) is 4.79 Å². The van der Waals surface area contributed by atoms with Gasteiger partial charge in [-0.2, -0.15) is 0 Å². The second-order valence-corrected chi connectivity index (χ2v) is 4.17. The van der Waals surface area contributed by atoms with E-state index in [1.54, 1.807) is 0 Å². The summed E-state index contributed by atoms with van der Waals surface area (Å²) in [6.45, 7) is 0. The molecule has 0 radical (unpaired) electrons. The van der Waals surface area contributed by atoms with E-state index in [0.29, 0.717) is 6.42 Å². The Balaban J connectivity index is 2.35. The van der Waals surface area contributed by atoms with Gasteiger partial charge in [-0.05, 0) is 23.1 Å². The summed E-state index contributed by atoms with van der Waals surface area (Å²) in [5.41, 5.74) is 8.66. The Kier molecular flexibility index (Phi) is 3.75. The molecule has 0 bridgehead atoms. The summed E-state index contributed by atoms with van der Waals surface area (Å²) in [6.07, 6.45) is 0.334. The van der Waals surface area contributed by atoms with E-state index in [1.807, 2.05) is 54.6 Å². The predicted octanol–water partition coefficient (Wildman–Crippen LogP) is 2.31. The number of carbonyl (C=O) groups is 1. The summed E-state index contributed by atoms with van der Waals surface area (Å²) in [5, 5.41) is 8.88. The van der Waals surface area contributed by atoms with E-state index in [-0.39, 0.29) is 0 Å². The molecule has 0 aliphatic heterocycles. The average molecular weight is 241 g/mol. The minimum atomic E-state index is -0.974. The van der Waals surface area contributed by atoms with Crippen molar-refractivity contribution in [2.24, 2.45) is 5.73 Å². The number of carboxylic acids is 1. The van der Waals surface area contributed by atoms with Crippen LogP contribution in [0.4, 0.5) is 0 Å². The Morgan fingerprint density at radius 1 is 1.06 bits per heavy atom. The molecule has 0 spiro atoms. The average Bonchev–Trinajstić information content (AvgIpc) is 2.40. The molecular formula is C15H15NO2. The highest BCUT2D eigenvalue weighted by Crippen LogP contribution is 2.24. The highest BCUT2D eigenvalue weighted by Gasteiger charge is 2.14. The van der Waals surface area contributed by atoms with Crippen LogP contribution >= 0.6 is 0 Å². The van der Waals surface area contributed by atoms with Crippen LogP contribution in [0.15, 0.2) is 54.6 Å². The third-order valence-corrected chi connectivity index (χ3v) is 2.86. The largest absolute Gasteiger partial charge is 0.480 e. The van der Waals surface area contributed by atoms with Crippen LogP contribution < -0.4 is 5.73 Å². The Hall–Kier alpha value is -2.13. The minimum Gasteiger partial charge on any atom is -0.480 e. The van der Waals surface area contributed by atoms with Gasteiger partial charge in [-0.15, -0.1) is 0 Å². The van der Waals surface area contributed by atoms with Gasteiger partial charge in [0.2, 0.25) is 0 Å². The number of aliphatic carboxylic acids is 1. The van der Waals surface area contributed by atoms with Crippen LogP contribution in [-0.2, 0) is 11.2 Å². The number of carboxylic acid groups (broad SMARTS) is 1. The van der Waals surface area contributed by atoms with Crippen molar-refractivity contribution >= 4 is 5.97 Å². The second kappa shape index (κ2) is 5.47. The van der Waals surface area contributed by atoms with Crippen molar-refractivity contribution in [3.8, 4) is 11.1 Å². The highest BCUT2D eigenvalue weighted by atomic mass is 16.4. The first kappa shape index (κ1) is 12.3. The van der Waals surface area contributed by atoms with E-state index in [2.05, 4.69) is 0 Å². The zero-order chi connectivity index (χ0) is 13.0. The maximum atomic E-state index is 10.8. The standard InChI is InChI=1S/C15H15NO2/c16-14(15(17)18)10-12-8-4-5-9-13(12)11-6-2-1-3-7-11/h1-9,14H,10,16H2,(H,17,18)/t14-/m0/s1. The van der Waals surface area contributed by atoms with Crippen LogP contribution in [0.2, 0.25) is 0 Å². The summed E-state index contributed by atoms with van der Waals surface area (Å²) < 4.78 is 0. The van der Waals surface area contributed by atoms with Crippen LogP contribution in [0.1, 0.15) is 5.56 Å². The Morgan fingerprint density at radius 2 is 1.67 bits per heavy atom. The molecule has 92 valence electrons. The smallest absolute Gasteiger partial charge is 0.320 e. The maximum Gasteiger partial charge on any atom is 0.320 e. The number of hydrogen-bond acceptors (Lipinski definition) is 2. The van der Waals surface area contributed by atoms with Gasteiger partial charge in [0.15, 0.2) is 0 Å². The lowest BCUT2D eigenvalue weighted by Crippen LogP contribution is -2.32. The van der Waals surface area contributed by atoms with Gasteiger partial charge in [0, 0.05) is 0 Å². The molecule has 2 aromatic rings. The molecule has 2 aromatic carbocycles. The van der Waals surface area contributed by atoms with Crippen molar-refractivity contribution in [2.75, 3.05) is 0 Å². The van der Waals surface area contributed by atoms with E-state index >= 15 is 0 Å². The Labute approximate surface area is 106 Å². The molecule has 0 fully saturated rings. The fourth-order valence-corrected chi connectivity index (χ4v) is 1.92. The van der Waals surface area contributed by atoms with Gasteiger partial charge >= 0.3 is 5.97 Å². The normalized spacial score (nSPS) is 12.1. The summed E-state index contributed by atoms with van der Waals surface area (Å²) >= 11 is 0. The molecule has 0 heterocycles. The number of hydrogen-bond donors (Lipinski definition) is 2. The molecule has 18 heavy (non-hydrogen) atoms. The molecule has 0 aromatic heterocycles. The molecular weight excluding hydrogens is 226 g/mol.